The minimum absolute atomic E-state index is 0.0956. The topological polar surface area (TPSA) is 43.4 Å². The second-order valence-corrected chi connectivity index (χ2v) is 5.74. The van der Waals surface area contributed by atoms with Gasteiger partial charge in [0.15, 0.2) is 5.78 Å². The zero-order chi connectivity index (χ0) is 13.9. The lowest BCUT2D eigenvalue weighted by Crippen LogP contribution is -2.40. The molecule has 0 spiro atoms. The van der Waals surface area contributed by atoms with E-state index in [4.69, 9.17) is 4.74 Å². The van der Waals surface area contributed by atoms with Crippen molar-refractivity contribution in [1.82, 2.24) is 0 Å². The van der Waals surface area contributed by atoms with E-state index in [0.717, 1.165) is 0 Å². The van der Waals surface area contributed by atoms with Crippen LogP contribution in [0.1, 0.15) is 43.5 Å². The van der Waals surface area contributed by atoms with E-state index < -0.39 is 0 Å². The highest BCUT2D eigenvalue weighted by Gasteiger charge is 2.34. The van der Waals surface area contributed by atoms with E-state index in [1.165, 1.54) is 0 Å². The Hall–Kier alpha value is -1.48. The van der Waals surface area contributed by atoms with Gasteiger partial charge in [-0.3, -0.25) is 9.59 Å². The maximum Gasteiger partial charge on any atom is 0.162 e. The van der Waals surface area contributed by atoms with Gasteiger partial charge in [-0.15, -0.1) is 0 Å². The Morgan fingerprint density at radius 2 is 2.00 bits per heavy atom. The van der Waals surface area contributed by atoms with Crippen LogP contribution in [0.3, 0.4) is 0 Å². The number of carbonyl (C=O) groups excluding carboxylic acids is 2. The summed E-state index contributed by atoms with van der Waals surface area (Å²) >= 11 is 0. The van der Waals surface area contributed by atoms with Gasteiger partial charge in [0.05, 0.1) is 12.2 Å². The number of hydrogen-bond donors (Lipinski definition) is 0. The average molecular weight is 260 g/mol. The van der Waals surface area contributed by atoms with Crippen LogP contribution in [0, 0.1) is 5.92 Å². The Labute approximate surface area is 114 Å². The first-order chi connectivity index (χ1) is 8.98. The molecule has 0 saturated carbocycles. The molecule has 1 unspecified atom stereocenters. The van der Waals surface area contributed by atoms with Crippen LogP contribution in [0.25, 0.3) is 0 Å². The third kappa shape index (κ3) is 3.74. The van der Waals surface area contributed by atoms with Crippen molar-refractivity contribution < 1.29 is 14.3 Å². The van der Waals surface area contributed by atoms with E-state index in [9.17, 15) is 9.59 Å². The summed E-state index contributed by atoms with van der Waals surface area (Å²) in [5.41, 5.74) is 0.365. The maximum absolute atomic E-state index is 12.0. The van der Waals surface area contributed by atoms with Crippen LogP contribution in [0.15, 0.2) is 30.3 Å². The Morgan fingerprint density at radius 1 is 1.32 bits per heavy atom. The maximum atomic E-state index is 12.0. The average Bonchev–Trinajstić information content (AvgIpc) is 2.37. The first-order valence-corrected chi connectivity index (χ1v) is 6.73. The molecule has 1 aromatic rings. The van der Waals surface area contributed by atoms with Crippen molar-refractivity contribution in [3.8, 4) is 0 Å². The lowest BCUT2D eigenvalue weighted by atomic mass is 9.87. The first-order valence-electron chi connectivity index (χ1n) is 6.73. The molecule has 1 atom stereocenters. The van der Waals surface area contributed by atoms with Crippen molar-refractivity contribution >= 4 is 11.6 Å². The highest BCUT2D eigenvalue weighted by Crippen LogP contribution is 2.27. The molecular formula is C16H20O3. The fraction of sp³-hybridized carbons (Fsp3) is 0.500. The van der Waals surface area contributed by atoms with Crippen molar-refractivity contribution in [1.29, 1.82) is 0 Å². The van der Waals surface area contributed by atoms with Crippen LogP contribution >= 0.6 is 0 Å². The van der Waals surface area contributed by atoms with Crippen LogP contribution < -0.4 is 0 Å². The molecule has 1 aromatic carbocycles. The molecule has 19 heavy (non-hydrogen) atoms. The van der Waals surface area contributed by atoms with Gasteiger partial charge in [0, 0.05) is 24.3 Å². The standard InChI is InChI=1S/C16H20O3/c1-16(2)10-15(18)13(11-19-16)8-9-14(17)12-6-4-3-5-7-12/h3-7,13H,8-11H2,1-2H3. The van der Waals surface area contributed by atoms with Crippen molar-refractivity contribution in [2.75, 3.05) is 6.61 Å². The molecule has 102 valence electrons. The van der Waals surface area contributed by atoms with Crippen LogP contribution in [0.5, 0.6) is 0 Å². The minimum atomic E-state index is -0.350. The molecule has 1 aliphatic rings. The summed E-state index contributed by atoms with van der Waals surface area (Å²) in [6.07, 6.45) is 1.43. The summed E-state index contributed by atoms with van der Waals surface area (Å²) in [7, 11) is 0. The van der Waals surface area contributed by atoms with Crippen molar-refractivity contribution in [3.05, 3.63) is 35.9 Å². The molecule has 0 aliphatic carbocycles. The zero-order valence-electron chi connectivity index (χ0n) is 11.5. The fourth-order valence-corrected chi connectivity index (χ4v) is 2.35. The number of rotatable bonds is 4. The van der Waals surface area contributed by atoms with Gasteiger partial charge in [-0.05, 0) is 20.3 Å². The van der Waals surface area contributed by atoms with Gasteiger partial charge in [0.1, 0.15) is 5.78 Å². The highest BCUT2D eigenvalue weighted by atomic mass is 16.5. The number of Topliss-reactive ketones (excluding diaryl/α,β-unsaturated/α-hetero) is 2. The summed E-state index contributed by atoms with van der Waals surface area (Å²) in [6.45, 7) is 4.29. The lowest BCUT2D eigenvalue weighted by molar-refractivity contribution is -0.144. The van der Waals surface area contributed by atoms with E-state index in [0.29, 0.717) is 31.4 Å². The van der Waals surface area contributed by atoms with Crippen LogP contribution in [-0.4, -0.2) is 23.8 Å². The van der Waals surface area contributed by atoms with Crippen LogP contribution in [-0.2, 0) is 9.53 Å². The Bertz CT molecular complexity index is 462. The van der Waals surface area contributed by atoms with E-state index in [1.54, 1.807) is 0 Å². The molecule has 0 aromatic heterocycles. The minimum Gasteiger partial charge on any atom is -0.374 e. The Kier molecular flexibility index (Phi) is 4.15. The van der Waals surface area contributed by atoms with Gasteiger partial charge >= 0.3 is 0 Å². The predicted molar refractivity (Wildman–Crippen MR) is 73.2 cm³/mol. The van der Waals surface area contributed by atoms with E-state index >= 15 is 0 Å². The van der Waals surface area contributed by atoms with Gasteiger partial charge in [-0.2, -0.15) is 0 Å². The Balaban J connectivity index is 1.87. The summed E-state index contributed by atoms with van der Waals surface area (Å²) in [4.78, 5) is 23.9. The van der Waals surface area contributed by atoms with Gasteiger partial charge in [-0.25, -0.2) is 0 Å². The molecule has 0 bridgehead atoms. The molecule has 3 nitrogen and oxygen atoms in total. The first kappa shape index (κ1) is 13.9. The van der Waals surface area contributed by atoms with Gasteiger partial charge in [-0.1, -0.05) is 30.3 Å². The largest absolute Gasteiger partial charge is 0.374 e. The molecule has 1 fully saturated rings. The monoisotopic (exact) mass is 260 g/mol. The molecule has 0 amide bonds. The number of benzene rings is 1. The highest BCUT2D eigenvalue weighted by molar-refractivity contribution is 5.96. The second-order valence-electron chi connectivity index (χ2n) is 5.74. The van der Waals surface area contributed by atoms with Crippen molar-refractivity contribution in [3.63, 3.8) is 0 Å². The molecular weight excluding hydrogens is 240 g/mol. The van der Waals surface area contributed by atoms with Gasteiger partial charge in [0.25, 0.3) is 0 Å². The summed E-state index contributed by atoms with van der Waals surface area (Å²) in [6, 6.07) is 9.21. The van der Waals surface area contributed by atoms with Crippen molar-refractivity contribution in [2.45, 2.75) is 38.7 Å². The molecule has 1 heterocycles. The zero-order valence-corrected chi connectivity index (χ0v) is 11.5. The van der Waals surface area contributed by atoms with Crippen LogP contribution in [0.2, 0.25) is 0 Å². The number of ketones is 2. The number of carbonyl (C=O) groups is 2. The quantitative estimate of drug-likeness (QED) is 0.781. The van der Waals surface area contributed by atoms with E-state index in [-0.39, 0.29) is 23.1 Å². The molecule has 2 rings (SSSR count). The summed E-state index contributed by atoms with van der Waals surface area (Å²) in [5.74, 6) is 0.191. The lowest BCUT2D eigenvalue weighted by Gasteiger charge is -2.33. The normalized spacial score (nSPS) is 22.2. The molecule has 3 heteroatoms. The van der Waals surface area contributed by atoms with Gasteiger partial charge < -0.3 is 4.74 Å². The number of hydrogen-bond acceptors (Lipinski definition) is 3. The summed E-state index contributed by atoms with van der Waals surface area (Å²) < 4.78 is 5.65. The molecule has 1 saturated heterocycles. The van der Waals surface area contributed by atoms with Crippen molar-refractivity contribution in [2.24, 2.45) is 5.92 Å². The molecule has 0 N–H and O–H groups in total. The van der Waals surface area contributed by atoms with Crippen LogP contribution in [0.4, 0.5) is 0 Å². The van der Waals surface area contributed by atoms with Gasteiger partial charge in [0.2, 0.25) is 0 Å². The number of ether oxygens (including phenoxy) is 1. The smallest absolute Gasteiger partial charge is 0.162 e. The third-order valence-corrected chi connectivity index (χ3v) is 3.55. The van der Waals surface area contributed by atoms with E-state index in [2.05, 4.69) is 0 Å². The molecule has 1 aliphatic heterocycles. The predicted octanol–water partition coefficient (Wildman–Crippen LogP) is 3.03. The third-order valence-electron chi connectivity index (χ3n) is 3.55. The Morgan fingerprint density at radius 3 is 2.63 bits per heavy atom. The summed E-state index contributed by atoms with van der Waals surface area (Å²) in [5, 5.41) is 0. The SMILES string of the molecule is CC1(C)CC(=O)C(CCC(=O)c2ccccc2)CO1. The second kappa shape index (κ2) is 5.66. The van der Waals surface area contributed by atoms with E-state index in [1.807, 2.05) is 44.2 Å². The fourth-order valence-electron chi connectivity index (χ4n) is 2.35. The molecule has 0 radical (unpaired) electrons.